The molecule has 1 saturated heterocycles. The van der Waals surface area contributed by atoms with Crippen LogP contribution in [0.5, 0.6) is 0 Å². The molecule has 3 aromatic rings. The Morgan fingerprint density at radius 1 is 1.21 bits per heavy atom. The number of hydrogen-bond donors (Lipinski definition) is 1. The summed E-state index contributed by atoms with van der Waals surface area (Å²) in [5, 5.41) is 15.1. The summed E-state index contributed by atoms with van der Waals surface area (Å²) in [6.45, 7) is 3.42. The summed E-state index contributed by atoms with van der Waals surface area (Å²) in [6.07, 6.45) is 3.91. The van der Waals surface area contributed by atoms with Crippen LogP contribution in [0.3, 0.4) is 0 Å². The van der Waals surface area contributed by atoms with Crippen molar-refractivity contribution in [2.24, 2.45) is 5.92 Å². The van der Waals surface area contributed by atoms with E-state index in [1.54, 1.807) is 0 Å². The molecule has 5 rings (SSSR count). The normalized spacial score (nSPS) is 19.7. The van der Waals surface area contributed by atoms with Crippen LogP contribution in [0.2, 0.25) is 5.02 Å². The number of carbonyl (C=O) groups is 1. The zero-order chi connectivity index (χ0) is 20.1. The highest BCUT2D eigenvalue weighted by molar-refractivity contribution is 6.30. The lowest BCUT2D eigenvalue weighted by Crippen LogP contribution is -2.40. The number of rotatable bonds is 4. The molecule has 0 amide bonds. The summed E-state index contributed by atoms with van der Waals surface area (Å²) in [7, 11) is 0. The molecule has 3 heterocycles. The van der Waals surface area contributed by atoms with Gasteiger partial charge in [-0.15, -0.1) is 0 Å². The third-order valence-electron chi connectivity index (χ3n) is 6.00. The number of hydrogen-bond acceptors (Lipinski definition) is 4. The molecule has 1 unspecified atom stereocenters. The zero-order valence-electron chi connectivity index (χ0n) is 16.3. The second-order valence-electron chi connectivity index (χ2n) is 8.14. The van der Waals surface area contributed by atoms with Crippen LogP contribution in [-0.2, 0) is 4.79 Å². The molecule has 2 aromatic heterocycles. The lowest BCUT2D eigenvalue weighted by molar-refractivity contribution is -0.141. The van der Waals surface area contributed by atoms with E-state index >= 15 is 0 Å². The minimum Gasteiger partial charge on any atom is -0.481 e. The smallest absolute Gasteiger partial charge is 0.308 e. The van der Waals surface area contributed by atoms with Crippen molar-refractivity contribution >= 4 is 29.0 Å². The molecule has 29 heavy (non-hydrogen) atoms. The fraction of sp³-hybridized carbons (Fsp3) is 0.409. The number of benzene rings is 1. The highest BCUT2D eigenvalue weighted by Gasteiger charge is 2.35. The maximum atomic E-state index is 11.6. The second-order valence-corrected chi connectivity index (χ2v) is 8.58. The van der Waals surface area contributed by atoms with Crippen LogP contribution >= 0.6 is 11.6 Å². The molecule has 0 radical (unpaired) electrons. The van der Waals surface area contributed by atoms with Gasteiger partial charge >= 0.3 is 5.97 Å². The maximum Gasteiger partial charge on any atom is 0.308 e. The third-order valence-corrected chi connectivity index (χ3v) is 6.25. The zero-order valence-corrected chi connectivity index (χ0v) is 17.1. The van der Waals surface area contributed by atoms with Gasteiger partial charge in [-0.05, 0) is 50.7 Å². The van der Waals surface area contributed by atoms with Gasteiger partial charge in [0.2, 0.25) is 0 Å². The first kappa shape index (κ1) is 18.4. The highest BCUT2D eigenvalue weighted by atomic mass is 35.5. The number of aromatic nitrogens is 3. The standard InChI is InChI=1S/C22H23ClN4O2/c1-13-20(15-4-5-15)21(26-10-2-3-16(12-26)22(28)29)27-19(24-13)11-18(25-27)14-6-8-17(23)9-7-14/h6-9,11,15-16H,2-5,10,12H2,1H3,(H,28,29). The van der Waals surface area contributed by atoms with E-state index in [1.807, 2.05) is 34.8 Å². The van der Waals surface area contributed by atoms with Crippen LogP contribution < -0.4 is 4.90 Å². The number of carboxylic acid groups (broad SMARTS) is 1. The first-order chi connectivity index (χ1) is 14.0. The van der Waals surface area contributed by atoms with Gasteiger partial charge < -0.3 is 10.0 Å². The maximum absolute atomic E-state index is 11.6. The predicted octanol–water partition coefficient (Wildman–Crippen LogP) is 4.54. The lowest BCUT2D eigenvalue weighted by atomic mass is 9.97. The molecule has 1 atom stereocenters. The van der Waals surface area contributed by atoms with E-state index in [9.17, 15) is 9.90 Å². The minimum absolute atomic E-state index is 0.342. The third kappa shape index (κ3) is 3.35. The van der Waals surface area contributed by atoms with Crippen molar-refractivity contribution < 1.29 is 9.90 Å². The number of anilines is 1. The fourth-order valence-corrected chi connectivity index (χ4v) is 4.53. The first-order valence-corrected chi connectivity index (χ1v) is 10.5. The summed E-state index contributed by atoms with van der Waals surface area (Å²) in [4.78, 5) is 18.7. The number of aliphatic carboxylic acids is 1. The summed E-state index contributed by atoms with van der Waals surface area (Å²) in [6, 6.07) is 9.63. The van der Waals surface area contributed by atoms with Crippen LogP contribution in [0, 0.1) is 12.8 Å². The van der Waals surface area contributed by atoms with E-state index in [4.69, 9.17) is 21.7 Å². The van der Waals surface area contributed by atoms with Gasteiger partial charge in [-0.3, -0.25) is 4.79 Å². The number of halogens is 1. The molecular weight excluding hydrogens is 388 g/mol. The van der Waals surface area contributed by atoms with Crippen molar-refractivity contribution in [1.29, 1.82) is 0 Å². The summed E-state index contributed by atoms with van der Waals surface area (Å²) < 4.78 is 1.93. The Hall–Kier alpha value is -2.60. The molecule has 1 N–H and O–H groups in total. The van der Waals surface area contributed by atoms with Gasteiger partial charge in [0.25, 0.3) is 0 Å². The van der Waals surface area contributed by atoms with E-state index in [2.05, 4.69) is 11.8 Å². The Bertz CT molecular complexity index is 1090. The summed E-state index contributed by atoms with van der Waals surface area (Å²) in [5.41, 5.74) is 4.88. The minimum atomic E-state index is -0.716. The van der Waals surface area contributed by atoms with Crippen molar-refractivity contribution in [3.8, 4) is 11.3 Å². The Morgan fingerprint density at radius 2 is 1.97 bits per heavy atom. The van der Waals surface area contributed by atoms with Crippen LogP contribution in [-0.4, -0.2) is 38.8 Å². The Morgan fingerprint density at radius 3 is 2.66 bits per heavy atom. The van der Waals surface area contributed by atoms with Gasteiger partial charge in [0.15, 0.2) is 5.65 Å². The van der Waals surface area contributed by atoms with Crippen LogP contribution in [0.25, 0.3) is 16.9 Å². The van der Waals surface area contributed by atoms with Crippen molar-refractivity contribution in [3.63, 3.8) is 0 Å². The SMILES string of the molecule is Cc1nc2cc(-c3ccc(Cl)cc3)nn2c(N2CCCC(C(=O)O)C2)c1C1CC1. The largest absolute Gasteiger partial charge is 0.481 e. The average Bonchev–Trinajstić information content (AvgIpc) is 3.46. The van der Waals surface area contributed by atoms with Gasteiger partial charge in [0, 0.05) is 41.0 Å². The van der Waals surface area contributed by atoms with Gasteiger partial charge in [0.05, 0.1) is 11.6 Å². The van der Waals surface area contributed by atoms with E-state index in [-0.39, 0.29) is 5.92 Å². The van der Waals surface area contributed by atoms with Crippen LogP contribution in [0.4, 0.5) is 5.82 Å². The summed E-state index contributed by atoms with van der Waals surface area (Å²) in [5.74, 6) is 0.467. The molecule has 1 aliphatic heterocycles. The number of carboxylic acids is 1. The molecule has 0 spiro atoms. The highest BCUT2D eigenvalue weighted by Crippen LogP contribution is 2.46. The predicted molar refractivity (Wildman–Crippen MR) is 113 cm³/mol. The molecule has 1 aliphatic carbocycles. The monoisotopic (exact) mass is 410 g/mol. The lowest BCUT2D eigenvalue weighted by Gasteiger charge is -2.34. The van der Waals surface area contributed by atoms with Crippen molar-refractivity contribution in [1.82, 2.24) is 14.6 Å². The fourth-order valence-electron chi connectivity index (χ4n) is 4.40. The van der Waals surface area contributed by atoms with Gasteiger partial charge in [-0.1, -0.05) is 23.7 Å². The van der Waals surface area contributed by atoms with E-state index in [0.29, 0.717) is 17.5 Å². The number of fused-ring (bicyclic) bond motifs is 1. The average molecular weight is 411 g/mol. The topological polar surface area (TPSA) is 70.7 Å². The Labute approximate surface area is 174 Å². The van der Waals surface area contributed by atoms with Crippen LogP contribution in [0.15, 0.2) is 30.3 Å². The van der Waals surface area contributed by atoms with E-state index in [1.165, 1.54) is 5.56 Å². The molecule has 1 aromatic carbocycles. The molecule has 150 valence electrons. The van der Waals surface area contributed by atoms with Gasteiger partial charge in [-0.2, -0.15) is 9.61 Å². The molecule has 0 bridgehead atoms. The number of aryl methyl sites for hydroxylation is 1. The van der Waals surface area contributed by atoms with Crippen LogP contribution in [0.1, 0.15) is 42.9 Å². The van der Waals surface area contributed by atoms with Gasteiger partial charge in [0.1, 0.15) is 5.82 Å². The number of nitrogens with zero attached hydrogens (tertiary/aromatic N) is 4. The molecule has 2 aliphatic rings. The van der Waals surface area contributed by atoms with Crippen molar-refractivity contribution in [2.75, 3.05) is 18.0 Å². The van der Waals surface area contributed by atoms with E-state index in [0.717, 1.165) is 60.6 Å². The Balaban J connectivity index is 1.66. The summed E-state index contributed by atoms with van der Waals surface area (Å²) >= 11 is 6.03. The second kappa shape index (κ2) is 7.02. The molecule has 2 fully saturated rings. The van der Waals surface area contributed by atoms with Crippen molar-refractivity contribution in [3.05, 3.63) is 46.6 Å². The van der Waals surface area contributed by atoms with E-state index < -0.39 is 5.97 Å². The number of piperidine rings is 1. The molecule has 7 heteroatoms. The van der Waals surface area contributed by atoms with Gasteiger partial charge in [-0.25, -0.2) is 4.98 Å². The molecule has 1 saturated carbocycles. The molecular formula is C22H23ClN4O2. The quantitative estimate of drug-likeness (QED) is 0.683. The first-order valence-electron chi connectivity index (χ1n) is 10.1. The molecule has 6 nitrogen and oxygen atoms in total. The Kier molecular flexibility index (Phi) is 4.46. The van der Waals surface area contributed by atoms with Crippen molar-refractivity contribution in [2.45, 2.75) is 38.5 Å².